The van der Waals surface area contributed by atoms with Crippen LogP contribution < -0.4 is 0 Å². The van der Waals surface area contributed by atoms with Crippen LogP contribution in [-0.4, -0.2) is 25.7 Å². The van der Waals surface area contributed by atoms with E-state index in [1.54, 1.807) is 6.92 Å². The number of Topliss-reactive ketones (excluding diaryl/α,β-unsaturated/α-hetero) is 1. The van der Waals surface area contributed by atoms with Crippen molar-refractivity contribution in [3.8, 4) is 0 Å². The molecule has 8 atom stereocenters. The molecule has 4 aliphatic carbocycles. The van der Waals surface area contributed by atoms with Crippen LogP contribution in [0, 0.1) is 47.3 Å². The number of alkyl halides is 2. The van der Waals surface area contributed by atoms with Gasteiger partial charge in [-0.15, -0.1) is 0 Å². The summed E-state index contributed by atoms with van der Waals surface area (Å²) < 4.78 is 50.6. The van der Waals surface area contributed by atoms with Crippen molar-refractivity contribution in [1.82, 2.24) is 0 Å². The molecule has 0 spiro atoms. The number of rotatable bonds is 4. The summed E-state index contributed by atoms with van der Waals surface area (Å²) in [4.78, 5) is 11.8. The van der Waals surface area contributed by atoms with Crippen molar-refractivity contribution < 1.29 is 22.0 Å². The van der Waals surface area contributed by atoms with Crippen LogP contribution >= 0.6 is 0 Å². The molecule has 4 saturated carbocycles. The van der Waals surface area contributed by atoms with Crippen LogP contribution in [-0.2, 0) is 14.6 Å². The van der Waals surface area contributed by atoms with E-state index in [0.29, 0.717) is 41.6 Å². The van der Waals surface area contributed by atoms with E-state index in [-0.39, 0.29) is 17.8 Å². The fourth-order valence-electron chi connectivity index (χ4n) is 6.90. The van der Waals surface area contributed by atoms with Crippen LogP contribution in [0.15, 0.2) is 0 Å². The SMILES string of the molecule is CC(=O)C1CC2CC1C1C3CC(CC(F)(F)S(C)(=O)=O)C(C3)C21. The maximum Gasteiger partial charge on any atom is 0.345 e. The lowest BCUT2D eigenvalue weighted by Gasteiger charge is -2.41. The first-order valence-electron chi connectivity index (χ1n) is 8.68. The Hall–Kier alpha value is -0.520. The van der Waals surface area contributed by atoms with Gasteiger partial charge in [0.25, 0.3) is 0 Å². The van der Waals surface area contributed by atoms with E-state index in [9.17, 15) is 22.0 Å². The van der Waals surface area contributed by atoms with Gasteiger partial charge in [0.05, 0.1) is 0 Å². The third kappa shape index (κ3) is 2.16. The lowest BCUT2D eigenvalue weighted by Crippen LogP contribution is -2.40. The van der Waals surface area contributed by atoms with E-state index in [0.717, 1.165) is 25.7 Å². The first-order chi connectivity index (χ1) is 10.6. The lowest BCUT2D eigenvalue weighted by atomic mass is 9.64. The van der Waals surface area contributed by atoms with Crippen LogP contribution in [0.25, 0.3) is 0 Å². The Kier molecular flexibility index (Phi) is 3.31. The molecule has 3 nitrogen and oxygen atoms in total. The number of hydrogen-bond acceptors (Lipinski definition) is 3. The Labute approximate surface area is 136 Å². The molecule has 0 aliphatic heterocycles. The second-order valence-electron chi connectivity index (χ2n) is 8.54. The van der Waals surface area contributed by atoms with E-state index in [1.807, 2.05) is 0 Å². The lowest BCUT2D eigenvalue weighted by molar-refractivity contribution is -0.124. The molecule has 0 N–H and O–H groups in total. The molecule has 0 amide bonds. The first-order valence-corrected chi connectivity index (χ1v) is 10.6. The van der Waals surface area contributed by atoms with E-state index < -0.39 is 21.5 Å². The van der Waals surface area contributed by atoms with Crippen molar-refractivity contribution in [3.05, 3.63) is 0 Å². The van der Waals surface area contributed by atoms with Gasteiger partial charge in [0.15, 0.2) is 0 Å². The minimum atomic E-state index is -4.34. The van der Waals surface area contributed by atoms with Crippen molar-refractivity contribution in [2.45, 2.75) is 44.3 Å². The Morgan fingerprint density at radius 3 is 2.22 bits per heavy atom. The van der Waals surface area contributed by atoms with Crippen LogP contribution in [0.1, 0.15) is 39.0 Å². The number of ketones is 1. The number of carbonyl (C=O) groups excluding carboxylic acids is 1. The first kappa shape index (κ1) is 16.0. The molecule has 0 radical (unpaired) electrons. The second-order valence-corrected chi connectivity index (χ2v) is 10.7. The van der Waals surface area contributed by atoms with Crippen LogP contribution in [0.2, 0.25) is 0 Å². The Morgan fingerprint density at radius 2 is 1.61 bits per heavy atom. The molecule has 23 heavy (non-hydrogen) atoms. The van der Waals surface area contributed by atoms with Gasteiger partial charge in [-0.2, -0.15) is 8.78 Å². The average molecular weight is 346 g/mol. The van der Waals surface area contributed by atoms with Crippen molar-refractivity contribution in [3.63, 3.8) is 0 Å². The summed E-state index contributed by atoms with van der Waals surface area (Å²) in [5.74, 6) is 2.97. The van der Waals surface area contributed by atoms with Gasteiger partial charge in [0.2, 0.25) is 9.84 Å². The molecular weight excluding hydrogens is 322 g/mol. The van der Waals surface area contributed by atoms with Gasteiger partial charge in [-0.25, -0.2) is 8.42 Å². The number of sulfone groups is 1. The highest BCUT2D eigenvalue weighted by Gasteiger charge is 2.66. The second kappa shape index (κ2) is 4.77. The summed E-state index contributed by atoms with van der Waals surface area (Å²) in [6.07, 6.45) is 3.84. The average Bonchev–Trinajstić information content (AvgIpc) is 3.13. The summed E-state index contributed by atoms with van der Waals surface area (Å²) in [7, 11) is -4.34. The van der Waals surface area contributed by atoms with Crippen LogP contribution in [0.3, 0.4) is 0 Å². The largest absolute Gasteiger partial charge is 0.345 e. The van der Waals surface area contributed by atoms with Crippen molar-refractivity contribution >= 4 is 15.6 Å². The number of fused-ring (bicyclic) bond motifs is 9. The highest BCUT2D eigenvalue weighted by atomic mass is 32.2. The number of carbonyl (C=O) groups is 1. The molecular formula is C17H24F2O3S. The molecule has 8 unspecified atom stereocenters. The van der Waals surface area contributed by atoms with Crippen LogP contribution in [0.5, 0.6) is 0 Å². The van der Waals surface area contributed by atoms with Crippen molar-refractivity contribution in [1.29, 1.82) is 0 Å². The predicted octanol–water partition coefficient (Wildman–Crippen LogP) is 3.15. The van der Waals surface area contributed by atoms with Gasteiger partial charge in [-0.05, 0) is 74.0 Å². The Morgan fingerprint density at radius 1 is 1.04 bits per heavy atom. The molecule has 4 bridgehead atoms. The highest BCUT2D eigenvalue weighted by molar-refractivity contribution is 7.91. The van der Waals surface area contributed by atoms with E-state index in [1.165, 1.54) is 0 Å². The third-order valence-corrected chi connectivity index (χ3v) is 8.77. The van der Waals surface area contributed by atoms with E-state index in [2.05, 4.69) is 0 Å². The fraction of sp³-hybridized carbons (Fsp3) is 0.941. The van der Waals surface area contributed by atoms with Gasteiger partial charge in [0.1, 0.15) is 5.78 Å². The summed E-state index contributed by atoms with van der Waals surface area (Å²) in [5, 5.41) is -3.60. The molecule has 0 saturated heterocycles. The number of halogens is 2. The third-order valence-electron chi connectivity index (χ3n) is 7.52. The van der Waals surface area contributed by atoms with E-state index in [4.69, 9.17) is 0 Å². The maximum atomic E-state index is 14.0. The van der Waals surface area contributed by atoms with Gasteiger partial charge in [0, 0.05) is 18.6 Å². The predicted molar refractivity (Wildman–Crippen MR) is 81.5 cm³/mol. The summed E-state index contributed by atoms with van der Waals surface area (Å²) >= 11 is 0. The molecule has 0 aromatic carbocycles. The quantitative estimate of drug-likeness (QED) is 0.735. The normalized spacial score (nSPS) is 48.0. The zero-order chi connectivity index (χ0) is 16.7. The van der Waals surface area contributed by atoms with E-state index >= 15 is 0 Å². The van der Waals surface area contributed by atoms with Crippen LogP contribution in [0.4, 0.5) is 8.78 Å². The molecule has 4 fully saturated rings. The molecule has 0 aromatic rings. The fourth-order valence-corrected chi connectivity index (χ4v) is 7.41. The molecule has 130 valence electrons. The molecule has 4 aliphatic rings. The Balaban J connectivity index is 1.53. The summed E-state index contributed by atoms with van der Waals surface area (Å²) in [6.45, 7) is 1.68. The zero-order valence-corrected chi connectivity index (χ0v) is 14.4. The number of hydrogen-bond donors (Lipinski definition) is 0. The standard InChI is InChI=1S/C17H24F2O3S/c1-8(20)12-4-10-6-14(12)16-9-3-11(13(5-9)15(10)16)7-17(18,19)23(2,21)22/h9-16H,3-7H2,1-2H3. The highest BCUT2D eigenvalue weighted by Crippen LogP contribution is 2.70. The monoisotopic (exact) mass is 346 g/mol. The Bertz CT molecular complexity index is 644. The zero-order valence-electron chi connectivity index (χ0n) is 13.5. The summed E-state index contributed by atoms with van der Waals surface area (Å²) in [5.41, 5.74) is 0. The van der Waals surface area contributed by atoms with Gasteiger partial charge < -0.3 is 0 Å². The molecule has 0 aromatic heterocycles. The van der Waals surface area contributed by atoms with Gasteiger partial charge in [-0.3, -0.25) is 4.79 Å². The molecule has 0 heterocycles. The smallest absolute Gasteiger partial charge is 0.300 e. The van der Waals surface area contributed by atoms with Crippen molar-refractivity contribution in [2.75, 3.05) is 6.26 Å². The van der Waals surface area contributed by atoms with Gasteiger partial charge in [-0.1, -0.05) is 0 Å². The van der Waals surface area contributed by atoms with Crippen molar-refractivity contribution in [2.24, 2.45) is 47.3 Å². The topological polar surface area (TPSA) is 51.2 Å². The maximum absolute atomic E-state index is 14.0. The van der Waals surface area contributed by atoms with Gasteiger partial charge >= 0.3 is 5.25 Å². The minimum Gasteiger partial charge on any atom is -0.300 e. The molecule has 4 rings (SSSR count). The molecule has 6 heteroatoms. The minimum absolute atomic E-state index is 0.166. The summed E-state index contributed by atoms with van der Waals surface area (Å²) in [6, 6.07) is 0.